The normalized spacial score (nSPS) is 11.8. The van der Waals surface area contributed by atoms with Crippen LogP contribution < -0.4 is 20.5 Å². The molecule has 34 heavy (non-hydrogen) atoms. The van der Waals surface area contributed by atoms with E-state index in [1.165, 1.54) is 22.8 Å². The van der Waals surface area contributed by atoms with E-state index in [1.54, 1.807) is 12.1 Å². The van der Waals surface area contributed by atoms with Gasteiger partial charge in [0.25, 0.3) is 0 Å². The highest BCUT2D eigenvalue weighted by Gasteiger charge is 2.13. The van der Waals surface area contributed by atoms with Crippen molar-refractivity contribution in [2.24, 2.45) is 0 Å². The van der Waals surface area contributed by atoms with Gasteiger partial charge in [-0.2, -0.15) is 17.6 Å². The maximum absolute atomic E-state index is 12.7. The summed E-state index contributed by atoms with van der Waals surface area (Å²) in [6.45, 7) is -5.38. The average Bonchev–Trinajstić information content (AvgIpc) is 3.05. The van der Waals surface area contributed by atoms with Crippen molar-refractivity contribution < 1.29 is 36.2 Å². The Hall–Kier alpha value is -3.80. The van der Waals surface area contributed by atoms with Crippen LogP contribution in [0.15, 0.2) is 51.7 Å². The minimum absolute atomic E-state index is 0.0416. The van der Waals surface area contributed by atoms with Crippen LogP contribution >= 0.6 is 0 Å². The fraction of sp³-hybridized carbons (Fsp3) is 0.273. The fourth-order valence-electron chi connectivity index (χ4n) is 3.03. The second kappa shape index (κ2) is 10.9. The molecule has 3 rings (SSSR count). The Morgan fingerprint density at radius 2 is 1.85 bits per heavy atom. The van der Waals surface area contributed by atoms with Crippen LogP contribution in [-0.2, 0) is 11.3 Å². The zero-order chi connectivity index (χ0) is 24.8. The maximum Gasteiger partial charge on any atom is 0.419 e. The molecule has 182 valence electrons. The van der Waals surface area contributed by atoms with Crippen molar-refractivity contribution in [3.63, 3.8) is 0 Å². The third-order valence-electron chi connectivity index (χ3n) is 4.55. The molecule has 12 heteroatoms. The predicted molar refractivity (Wildman–Crippen MR) is 116 cm³/mol. The number of benzene rings is 2. The molecule has 0 spiro atoms. The Morgan fingerprint density at radius 3 is 2.53 bits per heavy atom. The van der Waals surface area contributed by atoms with E-state index in [1.807, 2.05) is 19.0 Å². The number of oxazole rings is 1. The van der Waals surface area contributed by atoms with Gasteiger partial charge in [-0.3, -0.25) is 9.36 Å². The number of nitrogens with one attached hydrogen (secondary N) is 1. The SMILES string of the molecule is CN(C)CCn1c(=O)oc2ccc(NC(=O)/C=C/c3ccc(OC(F)F)cc3OC(F)F)cc21. The number of fused-ring (bicyclic) bond motifs is 1. The Labute approximate surface area is 191 Å². The van der Waals surface area contributed by atoms with Crippen molar-refractivity contribution in [3.05, 3.63) is 58.6 Å². The molecule has 3 aromatic rings. The molecule has 0 aliphatic carbocycles. The van der Waals surface area contributed by atoms with E-state index in [0.29, 0.717) is 29.9 Å². The molecule has 1 aromatic heterocycles. The number of aromatic nitrogens is 1. The number of rotatable bonds is 10. The van der Waals surface area contributed by atoms with Crippen molar-refractivity contribution in [2.45, 2.75) is 19.8 Å². The van der Waals surface area contributed by atoms with Crippen LogP contribution in [0.5, 0.6) is 11.5 Å². The highest BCUT2D eigenvalue weighted by atomic mass is 19.3. The second-order valence-corrected chi connectivity index (χ2v) is 7.28. The average molecular weight is 483 g/mol. The van der Waals surface area contributed by atoms with Crippen molar-refractivity contribution in [1.29, 1.82) is 0 Å². The smallest absolute Gasteiger partial charge is 0.419 e. The number of nitrogens with zero attached hydrogens (tertiary/aromatic N) is 2. The number of hydrogen-bond donors (Lipinski definition) is 1. The monoisotopic (exact) mass is 483 g/mol. The largest absolute Gasteiger partial charge is 0.435 e. The summed E-state index contributed by atoms with van der Waals surface area (Å²) in [6.07, 6.45) is 2.24. The van der Waals surface area contributed by atoms with Crippen molar-refractivity contribution in [1.82, 2.24) is 9.47 Å². The van der Waals surface area contributed by atoms with Gasteiger partial charge in [0.2, 0.25) is 5.91 Å². The summed E-state index contributed by atoms with van der Waals surface area (Å²) >= 11 is 0. The quantitative estimate of drug-likeness (QED) is 0.347. The second-order valence-electron chi connectivity index (χ2n) is 7.28. The fourth-order valence-corrected chi connectivity index (χ4v) is 3.03. The standard InChI is InChI=1S/C22H21F4N3O5/c1-28(2)9-10-29-16-11-14(5-7-17(16)34-22(29)31)27-19(30)8-4-13-3-6-15(32-20(23)24)12-18(13)33-21(25)26/h3-8,11-12,20-21H,9-10H2,1-2H3,(H,27,30)/b8-4+. The lowest BCUT2D eigenvalue weighted by atomic mass is 10.1. The molecule has 8 nitrogen and oxygen atoms in total. The zero-order valence-electron chi connectivity index (χ0n) is 18.1. The predicted octanol–water partition coefficient (Wildman–Crippen LogP) is 4.01. The summed E-state index contributed by atoms with van der Waals surface area (Å²) in [5, 5.41) is 2.60. The Kier molecular flexibility index (Phi) is 7.95. The lowest BCUT2D eigenvalue weighted by Gasteiger charge is -2.11. The van der Waals surface area contributed by atoms with Gasteiger partial charge >= 0.3 is 19.0 Å². The molecule has 0 radical (unpaired) electrons. The van der Waals surface area contributed by atoms with Gasteiger partial charge in [-0.25, -0.2) is 4.79 Å². The van der Waals surface area contributed by atoms with Crippen molar-refractivity contribution >= 4 is 28.8 Å². The molecule has 0 saturated carbocycles. The first-order valence-corrected chi connectivity index (χ1v) is 9.93. The number of halogens is 4. The van der Waals surface area contributed by atoms with E-state index in [4.69, 9.17) is 4.42 Å². The lowest BCUT2D eigenvalue weighted by molar-refractivity contribution is -0.111. The van der Waals surface area contributed by atoms with E-state index in [9.17, 15) is 27.2 Å². The number of alkyl halides is 4. The Bertz CT molecular complexity index is 1240. The molecule has 1 amide bonds. The molecule has 0 atom stereocenters. The van der Waals surface area contributed by atoms with E-state index in [0.717, 1.165) is 18.2 Å². The number of ether oxygens (including phenoxy) is 2. The molecule has 0 aliphatic heterocycles. The molecule has 0 bridgehead atoms. The summed E-state index contributed by atoms with van der Waals surface area (Å²) in [4.78, 5) is 26.4. The van der Waals surface area contributed by atoms with Crippen LogP contribution in [0.2, 0.25) is 0 Å². The summed E-state index contributed by atoms with van der Waals surface area (Å²) in [5.74, 6) is -1.95. The summed E-state index contributed by atoms with van der Waals surface area (Å²) in [7, 11) is 3.73. The highest BCUT2D eigenvalue weighted by molar-refractivity contribution is 6.02. The number of likely N-dealkylation sites (N-methyl/N-ethyl adjacent to an activating group) is 1. The molecule has 1 N–H and O–H groups in total. The topological polar surface area (TPSA) is 85.9 Å². The number of amides is 1. The van der Waals surface area contributed by atoms with Crippen LogP contribution in [0.1, 0.15) is 5.56 Å². The van der Waals surface area contributed by atoms with Gasteiger partial charge in [-0.15, -0.1) is 0 Å². The van der Waals surface area contributed by atoms with Crippen LogP contribution in [0.4, 0.5) is 23.2 Å². The van der Waals surface area contributed by atoms with Crippen LogP contribution in [-0.4, -0.2) is 49.2 Å². The van der Waals surface area contributed by atoms with Crippen molar-refractivity contribution in [3.8, 4) is 11.5 Å². The first-order valence-electron chi connectivity index (χ1n) is 9.93. The first-order chi connectivity index (χ1) is 16.1. The molecular formula is C22H21F4N3O5. The van der Waals surface area contributed by atoms with Gasteiger partial charge in [0.05, 0.1) is 5.52 Å². The maximum atomic E-state index is 12.7. The minimum Gasteiger partial charge on any atom is -0.435 e. The van der Waals surface area contributed by atoms with Gasteiger partial charge < -0.3 is 24.1 Å². The number of carbonyl (C=O) groups is 1. The molecular weight excluding hydrogens is 462 g/mol. The number of hydrogen-bond acceptors (Lipinski definition) is 6. The molecule has 0 fully saturated rings. The summed E-state index contributed by atoms with van der Waals surface area (Å²) < 4.78 is 65.3. The first kappa shape index (κ1) is 24.8. The van der Waals surface area contributed by atoms with Gasteiger partial charge in [-0.1, -0.05) is 0 Å². The summed E-state index contributed by atoms with van der Waals surface area (Å²) in [5.41, 5.74) is 1.26. The van der Waals surface area contributed by atoms with Gasteiger partial charge in [0.15, 0.2) is 5.58 Å². The third kappa shape index (κ3) is 6.61. The molecule has 0 saturated heterocycles. The van der Waals surface area contributed by atoms with E-state index < -0.39 is 30.6 Å². The Morgan fingerprint density at radius 1 is 1.12 bits per heavy atom. The van der Waals surface area contributed by atoms with Crippen LogP contribution in [0.25, 0.3) is 17.2 Å². The molecule has 2 aromatic carbocycles. The zero-order valence-corrected chi connectivity index (χ0v) is 18.1. The minimum atomic E-state index is -3.21. The molecule has 0 unspecified atom stereocenters. The third-order valence-corrected chi connectivity index (χ3v) is 4.55. The van der Waals surface area contributed by atoms with E-state index in [-0.39, 0.29) is 11.3 Å². The van der Waals surface area contributed by atoms with Gasteiger partial charge in [0, 0.05) is 36.5 Å². The van der Waals surface area contributed by atoms with Crippen LogP contribution in [0.3, 0.4) is 0 Å². The lowest BCUT2D eigenvalue weighted by Crippen LogP contribution is -2.23. The molecule has 1 heterocycles. The van der Waals surface area contributed by atoms with Gasteiger partial charge in [0.1, 0.15) is 11.5 Å². The highest BCUT2D eigenvalue weighted by Crippen LogP contribution is 2.28. The number of carbonyl (C=O) groups excluding carboxylic acids is 1. The van der Waals surface area contributed by atoms with E-state index in [2.05, 4.69) is 14.8 Å². The molecule has 0 aliphatic rings. The van der Waals surface area contributed by atoms with E-state index >= 15 is 0 Å². The number of anilines is 1. The summed E-state index contributed by atoms with van der Waals surface area (Å²) in [6, 6.07) is 7.84. The van der Waals surface area contributed by atoms with Gasteiger partial charge in [-0.05, 0) is 50.5 Å². The Balaban J connectivity index is 1.78. The van der Waals surface area contributed by atoms with Crippen molar-refractivity contribution in [2.75, 3.05) is 26.0 Å². The van der Waals surface area contributed by atoms with Crippen LogP contribution in [0, 0.1) is 0 Å².